The van der Waals surface area contributed by atoms with Crippen LogP contribution in [0.4, 0.5) is 5.69 Å². The van der Waals surface area contributed by atoms with Gasteiger partial charge in [-0.05, 0) is 19.1 Å². The SMILES string of the molecule is CCOC(=O)C(=C=[N-])/C=C(/C(=O)c1cc(OC)c(OC)c(OC)c1)[n+]1ccc(N(C)C)cc1. The van der Waals surface area contributed by atoms with Crippen molar-refractivity contribution in [2.75, 3.05) is 46.9 Å². The van der Waals surface area contributed by atoms with Gasteiger partial charge in [-0.3, -0.25) is 10.7 Å². The summed E-state index contributed by atoms with van der Waals surface area (Å²) >= 11 is 0. The summed E-state index contributed by atoms with van der Waals surface area (Å²) in [6.07, 6.45) is 4.53. The van der Waals surface area contributed by atoms with Crippen LogP contribution < -0.4 is 23.7 Å². The first-order chi connectivity index (χ1) is 15.8. The number of aromatic nitrogens is 1. The number of pyridine rings is 1. The van der Waals surface area contributed by atoms with Gasteiger partial charge in [-0.15, -0.1) is 0 Å². The number of nitrogens with zero attached hydrogens (tertiary/aromatic N) is 3. The highest BCUT2D eigenvalue weighted by Crippen LogP contribution is 2.38. The molecule has 9 heteroatoms. The number of hydrogen-bond donors (Lipinski definition) is 0. The highest BCUT2D eigenvalue weighted by Gasteiger charge is 2.27. The van der Waals surface area contributed by atoms with E-state index in [1.165, 1.54) is 44.1 Å². The zero-order valence-electron chi connectivity index (χ0n) is 19.5. The van der Waals surface area contributed by atoms with E-state index < -0.39 is 11.8 Å². The first-order valence-corrected chi connectivity index (χ1v) is 10.0. The number of carbonyl (C=O) groups is 2. The van der Waals surface area contributed by atoms with E-state index in [4.69, 9.17) is 18.9 Å². The van der Waals surface area contributed by atoms with E-state index >= 15 is 0 Å². The van der Waals surface area contributed by atoms with Crippen molar-refractivity contribution < 1.29 is 33.1 Å². The molecular formula is C24H27N3O6. The minimum atomic E-state index is -0.819. The number of ketones is 1. The lowest BCUT2D eigenvalue weighted by Crippen LogP contribution is -2.36. The van der Waals surface area contributed by atoms with Gasteiger partial charge in [0, 0.05) is 43.6 Å². The van der Waals surface area contributed by atoms with Gasteiger partial charge in [-0.2, -0.15) is 4.57 Å². The molecule has 174 valence electrons. The predicted molar refractivity (Wildman–Crippen MR) is 124 cm³/mol. The Hall–Kier alpha value is -4.10. The number of methoxy groups -OCH3 is 3. The second-order valence-corrected chi connectivity index (χ2v) is 6.88. The third-order valence-corrected chi connectivity index (χ3v) is 4.66. The van der Waals surface area contributed by atoms with Gasteiger partial charge >= 0.3 is 5.97 Å². The normalized spacial score (nSPS) is 10.7. The van der Waals surface area contributed by atoms with Crippen molar-refractivity contribution in [3.63, 3.8) is 0 Å². The van der Waals surface area contributed by atoms with Crippen LogP contribution in [-0.2, 0) is 9.53 Å². The molecule has 0 N–H and O–H groups in total. The molecule has 1 heterocycles. The fourth-order valence-corrected chi connectivity index (χ4v) is 2.98. The molecule has 2 rings (SSSR count). The predicted octanol–water partition coefficient (Wildman–Crippen LogP) is 2.52. The summed E-state index contributed by atoms with van der Waals surface area (Å²) in [6, 6.07) is 6.60. The molecule has 0 amide bonds. The van der Waals surface area contributed by atoms with Crippen LogP contribution in [-0.4, -0.2) is 59.7 Å². The second kappa shape index (κ2) is 11.5. The number of ether oxygens (including phenoxy) is 4. The number of anilines is 1. The number of benzene rings is 1. The van der Waals surface area contributed by atoms with Crippen LogP contribution in [0.2, 0.25) is 0 Å². The molecule has 0 saturated carbocycles. The van der Waals surface area contributed by atoms with Gasteiger partial charge in [0.1, 0.15) is 0 Å². The highest BCUT2D eigenvalue weighted by atomic mass is 16.5. The number of hydrogen-bond acceptors (Lipinski definition) is 7. The lowest BCUT2D eigenvalue weighted by atomic mass is 10.0. The monoisotopic (exact) mass is 453 g/mol. The molecule has 0 aliphatic carbocycles. The molecule has 2 aromatic rings. The Morgan fingerprint density at radius 2 is 1.64 bits per heavy atom. The summed E-state index contributed by atoms with van der Waals surface area (Å²) in [5.74, 6) is 1.43. The van der Waals surface area contributed by atoms with Crippen LogP contribution in [0.3, 0.4) is 0 Å². The van der Waals surface area contributed by atoms with Crippen LogP contribution in [0.15, 0.2) is 48.3 Å². The fraction of sp³-hybridized carbons (Fsp3) is 0.292. The number of rotatable bonds is 10. The average molecular weight is 453 g/mol. The van der Waals surface area contributed by atoms with Crippen molar-refractivity contribution in [3.05, 3.63) is 59.3 Å². The molecule has 33 heavy (non-hydrogen) atoms. The van der Waals surface area contributed by atoms with Gasteiger partial charge in [-0.1, -0.05) is 0 Å². The molecule has 0 fully saturated rings. The van der Waals surface area contributed by atoms with Crippen molar-refractivity contribution in [2.45, 2.75) is 6.92 Å². The van der Waals surface area contributed by atoms with E-state index in [1.54, 1.807) is 31.5 Å². The van der Waals surface area contributed by atoms with Crippen molar-refractivity contribution in [2.24, 2.45) is 0 Å². The van der Waals surface area contributed by atoms with E-state index in [1.807, 2.05) is 24.9 Å². The summed E-state index contributed by atoms with van der Waals surface area (Å²) in [7, 11) is 8.13. The van der Waals surface area contributed by atoms with Gasteiger partial charge < -0.3 is 29.3 Å². The van der Waals surface area contributed by atoms with Crippen LogP contribution in [0, 0.1) is 0 Å². The Morgan fingerprint density at radius 3 is 2.06 bits per heavy atom. The summed E-state index contributed by atoms with van der Waals surface area (Å²) in [5.41, 5.74) is 0.859. The minimum Gasteiger partial charge on any atom is -0.763 e. The van der Waals surface area contributed by atoms with Crippen molar-refractivity contribution in [1.82, 2.24) is 0 Å². The molecule has 0 spiro atoms. The van der Waals surface area contributed by atoms with Gasteiger partial charge in [0.15, 0.2) is 23.9 Å². The standard InChI is InChI=1S/C24H27N3O6/c1-7-33-24(29)17(15-25)12-19(27-10-8-18(9-11-27)26(2)3)22(28)16-13-20(30-4)23(32-6)21(14-16)31-5/h8-14H,7H2,1-6H3/b19-12-. The molecule has 1 aromatic heterocycles. The Morgan fingerprint density at radius 1 is 1.06 bits per heavy atom. The molecule has 1 aromatic carbocycles. The summed E-state index contributed by atoms with van der Waals surface area (Å²) in [5, 5.41) is 9.50. The topological polar surface area (TPSA) is 100 Å². The molecule has 0 radical (unpaired) electrons. The maximum Gasteiger partial charge on any atom is 0.344 e. The van der Waals surface area contributed by atoms with Crippen molar-refractivity contribution in [1.29, 1.82) is 0 Å². The number of esters is 1. The molecule has 0 bridgehead atoms. The van der Waals surface area contributed by atoms with Crippen molar-refractivity contribution >= 4 is 29.0 Å². The molecule has 0 unspecified atom stereocenters. The quantitative estimate of drug-likeness (QED) is 0.136. The van der Waals surface area contributed by atoms with Gasteiger partial charge in [0.25, 0.3) is 11.5 Å². The number of carbonyl (C=O) groups excluding carboxylic acids is 2. The number of allylic oxidation sites excluding steroid dienone is 1. The highest BCUT2D eigenvalue weighted by molar-refractivity contribution is 6.23. The van der Waals surface area contributed by atoms with E-state index in [2.05, 4.69) is 0 Å². The zero-order valence-corrected chi connectivity index (χ0v) is 19.5. The van der Waals surface area contributed by atoms with E-state index in [0.717, 1.165) is 5.69 Å². The third-order valence-electron chi connectivity index (χ3n) is 4.66. The Balaban J connectivity index is 2.69. The van der Waals surface area contributed by atoms with Gasteiger partial charge in [-0.25, -0.2) is 4.79 Å². The Bertz CT molecular complexity index is 1070. The van der Waals surface area contributed by atoms with E-state index in [0.29, 0.717) is 17.2 Å². The lowest BCUT2D eigenvalue weighted by Gasteiger charge is -2.14. The third kappa shape index (κ3) is 5.78. The van der Waals surface area contributed by atoms with Crippen LogP contribution >= 0.6 is 0 Å². The fourth-order valence-electron chi connectivity index (χ4n) is 2.98. The van der Waals surface area contributed by atoms with Crippen molar-refractivity contribution in [3.8, 4) is 17.2 Å². The molecular weight excluding hydrogens is 426 g/mol. The number of Topliss-reactive ketones (excluding diaryl/α,β-unsaturated/α-hetero) is 1. The summed E-state index contributed by atoms with van der Waals surface area (Å²) in [4.78, 5) is 27.7. The first-order valence-electron chi connectivity index (χ1n) is 10.0. The average Bonchev–Trinajstić information content (AvgIpc) is 2.83. The smallest absolute Gasteiger partial charge is 0.344 e. The van der Waals surface area contributed by atoms with Crippen LogP contribution in [0.5, 0.6) is 17.2 Å². The van der Waals surface area contributed by atoms with Gasteiger partial charge in [0.2, 0.25) is 5.75 Å². The Labute approximate surface area is 193 Å². The van der Waals surface area contributed by atoms with Gasteiger partial charge in [0.05, 0.1) is 33.5 Å². The lowest BCUT2D eigenvalue weighted by molar-refractivity contribution is -0.576. The first kappa shape index (κ1) is 25.2. The Kier molecular flexibility index (Phi) is 8.77. The van der Waals surface area contributed by atoms with Crippen LogP contribution in [0.25, 0.3) is 11.1 Å². The van der Waals surface area contributed by atoms with E-state index in [-0.39, 0.29) is 23.4 Å². The molecule has 0 saturated heterocycles. The summed E-state index contributed by atoms with van der Waals surface area (Å²) in [6.45, 7) is 1.73. The maximum absolute atomic E-state index is 13.6. The maximum atomic E-state index is 13.6. The second-order valence-electron chi connectivity index (χ2n) is 6.88. The molecule has 0 atom stereocenters. The molecule has 9 nitrogen and oxygen atoms in total. The van der Waals surface area contributed by atoms with E-state index in [9.17, 15) is 15.0 Å². The largest absolute Gasteiger partial charge is 0.763 e. The molecule has 0 aliphatic heterocycles. The van der Waals surface area contributed by atoms with Crippen LogP contribution in [0.1, 0.15) is 17.3 Å². The minimum absolute atomic E-state index is 0.0548. The summed E-state index contributed by atoms with van der Waals surface area (Å²) < 4.78 is 22.5. The molecule has 0 aliphatic rings. The zero-order chi connectivity index (χ0) is 24.5.